The van der Waals surface area contributed by atoms with Crippen LogP contribution in [0.5, 0.6) is 0 Å². The molecule has 4 aromatic rings. The van der Waals surface area contributed by atoms with Crippen LogP contribution in [0.25, 0.3) is 11.2 Å². The van der Waals surface area contributed by atoms with Crippen molar-refractivity contribution in [1.82, 2.24) is 23.6 Å². The molecule has 0 bridgehead atoms. The van der Waals surface area contributed by atoms with Gasteiger partial charge in [0.15, 0.2) is 11.2 Å². The molecule has 3 heterocycles. The van der Waals surface area contributed by atoms with Gasteiger partial charge in [-0.3, -0.25) is 23.4 Å². The Morgan fingerprint density at radius 3 is 2.09 bits per heavy atom. The van der Waals surface area contributed by atoms with Gasteiger partial charge >= 0.3 is 5.69 Å². The lowest BCUT2D eigenvalue weighted by Gasteiger charge is -2.35. The lowest BCUT2D eigenvalue weighted by molar-refractivity contribution is 0.248. The Bertz CT molecular complexity index is 1480. The molecule has 1 aliphatic rings. The monoisotopic (exact) mass is 536 g/mol. The van der Waals surface area contributed by atoms with E-state index in [-0.39, 0.29) is 11.2 Å². The van der Waals surface area contributed by atoms with Crippen molar-refractivity contribution in [3.63, 3.8) is 0 Å². The van der Waals surface area contributed by atoms with E-state index in [0.29, 0.717) is 17.7 Å². The van der Waals surface area contributed by atoms with E-state index in [2.05, 4.69) is 81.2 Å². The lowest BCUT2D eigenvalue weighted by atomic mass is 10.1. The van der Waals surface area contributed by atoms with E-state index in [1.165, 1.54) is 22.7 Å². The molecule has 1 fully saturated rings. The standard InChI is InChI=1S/C26H29BrN6O2/c1-18-4-6-20(7-5-18)17-33-22-23(29(2)26(35)30(3)24(22)34)28-25(33)32-14-12-31(13-15-32)16-19-8-10-21(27)11-9-19/h4-11H,12-17H2,1-3H3. The van der Waals surface area contributed by atoms with Crippen LogP contribution in [-0.4, -0.2) is 49.8 Å². The van der Waals surface area contributed by atoms with Crippen LogP contribution in [0.2, 0.25) is 0 Å². The summed E-state index contributed by atoms with van der Waals surface area (Å²) in [4.78, 5) is 35.3. The minimum absolute atomic E-state index is 0.317. The third-order valence-corrected chi connectivity index (χ3v) is 7.29. The fourth-order valence-electron chi connectivity index (χ4n) is 4.66. The van der Waals surface area contributed by atoms with Gasteiger partial charge in [-0.2, -0.15) is 4.98 Å². The Morgan fingerprint density at radius 2 is 1.43 bits per heavy atom. The van der Waals surface area contributed by atoms with Gasteiger partial charge in [0.25, 0.3) is 5.56 Å². The van der Waals surface area contributed by atoms with Crippen molar-refractivity contribution < 1.29 is 0 Å². The number of benzene rings is 2. The maximum atomic E-state index is 13.2. The summed E-state index contributed by atoms with van der Waals surface area (Å²) in [5.41, 5.74) is 3.76. The van der Waals surface area contributed by atoms with Gasteiger partial charge in [-0.1, -0.05) is 57.9 Å². The van der Waals surface area contributed by atoms with Crippen molar-refractivity contribution in [1.29, 1.82) is 0 Å². The number of hydrogen-bond donors (Lipinski definition) is 0. The van der Waals surface area contributed by atoms with Crippen LogP contribution in [0.1, 0.15) is 16.7 Å². The van der Waals surface area contributed by atoms with E-state index in [4.69, 9.17) is 4.98 Å². The first-order valence-corrected chi connectivity index (χ1v) is 12.5. The van der Waals surface area contributed by atoms with Gasteiger partial charge in [-0.15, -0.1) is 0 Å². The van der Waals surface area contributed by atoms with Gasteiger partial charge in [0.1, 0.15) is 0 Å². The number of nitrogens with zero attached hydrogens (tertiary/aromatic N) is 6. The second kappa shape index (κ2) is 9.47. The maximum absolute atomic E-state index is 13.2. The molecule has 0 saturated carbocycles. The summed E-state index contributed by atoms with van der Waals surface area (Å²) in [7, 11) is 3.20. The number of piperazine rings is 1. The average Bonchev–Trinajstić information content (AvgIpc) is 3.24. The van der Waals surface area contributed by atoms with Crippen LogP contribution in [0.15, 0.2) is 62.6 Å². The van der Waals surface area contributed by atoms with Crippen molar-refractivity contribution in [2.24, 2.45) is 14.1 Å². The van der Waals surface area contributed by atoms with Crippen LogP contribution in [0, 0.1) is 6.92 Å². The highest BCUT2D eigenvalue weighted by atomic mass is 79.9. The average molecular weight is 537 g/mol. The topological polar surface area (TPSA) is 68.3 Å². The number of aromatic nitrogens is 4. The number of fused-ring (bicyclic) bond motifs is 1. The molecule has 1 aliphatic heterocycles. The van der Waals surface area contributed by atoms with Crippen LogP contribution in [0.4, 0.5) is 5.95 Å². The Morgan fingerprint density at radius 1 is 0.829 bits per heavy atom. The van der Waals surface area contributed by atoms with Gasteiger partial charge in [0, 0.05) is 51.3 Å². The van der Waals surface area contributed by atoms with E-state index in [1.54, 1.807) is 7.05 Å². The SMILES string of the molecule is Cc1ccc(Cn2c(N3CCN(Cc4ccc(Br)cc4)CC3)nc3c2c(=O)n(C)c(=O)n3C)cc1. The summed E-state index contributed by atoms with van der Waals surface area (Å²) >= 11 is 3.50. The normalized spacial score (nSPS) is 14.7. The quantitative estimate of drug-likeness (QED) is 0.392. The molecule has 0 unspecified atom stereocenters. The third kappa shape index (κ3) is 4.58. The third-order valence-electron chi connectivity index (χ3n) is 6.76. The molecule has 0 spiro atoms. The van der Waals surface area contributed by atoms with E-state index in [0.717, 1.165) is 53.3 Å². The summed E-state index contributed by atoms with van der Waals surface area (Å²) in [5, 5.41) is 0. The molecule has 0 amide bonds. The second-order valence-electron chi connectivity index (χ2n) is 9.25. The zero-order chi connectivity index (χ0) is 24.7. The molecule has 9 heteroatoms. The fraction of sp³-hybridized carbons (Fsp3) is 0.346. The molecule has 1 saturated heterocycles. The fourth-order valence-corrected chi connectivity index (χ4v) is 4.92. The number of imidazole rings is 1. The summed E-state index contributed by atoms with van der Waals surface area (Å²) in [5.74, 6) is 0.738. The lowest BCUT2D eigenvalue weighted by Crippen LogP contribution is -2.47. The first-order valence-electron chi connectivity index (χ1n) is 11.8. The highest BCUT2D eigenvalue weighted by molar-refractivity contribution is 9.10. The number of halogens is 1. The van der Waals surface area contributed by atoms with E-state index >= 15 is 0 Å². The highest BCUT2D eigenvalue weighted by Gasteiger charge is 2.25. The van der Waals surface area contributed by atoms with E-state index in [1.807, 2.05) is 4.57 Å². The number of hydrogen-bond acceptors (Lipinski definition) is 5. The molecular formula is C26H29BrN6O2. The molecule has 2 aromatic heterocycles. The Kier molecular flexibility index (Phi) is 6.37. The van der Waals surface area contributed by atoms with Crippen molar-refractivity contribution >= 4 is 33.0 Å². The predicted molar refractivity (Wildman–Crippen MR) is 142 cm³/mol. The molecule has 5 rings (SSSR count). The van der Waals surface area contributed by atoms with Crippen molar-refractivity contribution in [2.45, 2.75) is 20.0 Å². The predicted octanol–water partition coefficient (Wildman–Crippen LogP) is 2.88. The molecule has 8 nitrogen and oxygen atoms in total. The molecule has 0 atom stereocenters. The molecule has 0 N–H and O–H groups in total. The minimum atomic E-state index is -0.367. The Labute approximate surface area is 212 Å². The maximum Gasteiger partial charge on any atom is 0.332 e. The van der Waals surface area contributed by atoms with E-state index < -0.39 is 0 Å². The van der Waals surface area contributed by atoms with Crippen molar-refractivity contribution in [2.75, 3.05) is 31.1 Å². The smallest absolute Gasteiger partial charge is 0.332 e. The summed E-state index contributed by atoms with van der Waals surface area (Å²) in [6.07, 6.45) is 0. The van der Waals surface area contributed by atoms with Gasteiger partial charge in [-0.05, 0) is 30.2 Å². The Hall–Kier alpha value is -3.17. The first kappa shape index (κ1) is 23.6. The zero-order valence-corrected chi connectivity index (χ0v) is 21.8. The van der Waals surface area contributed by atoms with Gasteiger partial charge in [-0.25, -0.2) is 4.79 Å². The first-order chi connectivity index (χ1) is 16.8. The molecule has 0 aliphatic carbocycles. The van der Waals surface area contributed by atoms with Crippen LogP contribution in [0.3, 0.4) is 0 Å². The minimum Gasteiger partial charge on any atom is -0.340 e. The number of anilines is 1. The summed E-state index contributed by atoms with van der Waals surface area (Å²) < 4.78 is 5.69. The van der Waals surface area contributed by atoms with Crippen LogP contribution < -0.4 is 16.1 Å². The molecule has 2 aromatic carbocycles. The van der Waals surface area contributed by atoms with Crippen molar-refractivity contribution in [3.8, 4) is 0 Å². The molecular weight excluding hydrogens is 508 g/mol. The van der Waals surface area contributed by atoms with Crippen molar-refractivity contribution in [3.05, 3.63) is 90.5 Å². The molecule has 0 radical (unpaired) electrons. The summed E-state index contributed by atoms with van der Waals surface area (Å²) in [6, 6.07) is 16.7. The molecule has 35 heavy (non-hydrogen) atoms. The Balaban J connectivity index is 1.48. The number of aryl methyl sites for hydroxylation is 2. The largest absolute Gasteiger partial charge is 0.340 e. The molecule has 182 valence electrons. The zero-order valence-electron chi connectivity index (χ0n) is 20.2. The number of rotatable bonds is 5. The van der Waals surface area contributed by atoms with Crippen LogP contribution in [-0.2, 0) is 27.2 Å². The second-order valence-corrected chi connectivity index (χ2v) is 10.2. The summed E-state index contributed by atoms with van der Waals surface area (Å²) in [6.45, 7) is 6.83. The van der Waals surface area contributed by atoms with Gasteiger partial charge in [0.05, 0.1) is 6.54 Å². The van der Waals surface area contributed by atoms with Gasteiger partial charge in [0.2, 0.25) is 5.95 Å². The van der Waals surface area contributed by atoms with E-state index in [9.17, 15) is 9.59 Å². The van der Waals surface area contributed by atoms with Gasteiger partial charge < -0.3 is 4.90 Å². The highest BCUT2D eigenvalue weighted by Crippen LogP contribution is 2.23. The van der Waals surface area contributed by atoms with Crippen LogP contribution >= 0.6 is 15.9 Å².